The maximum Gasteiger partial charge on any atom is 0.180 e. The molecule has 6 nitrogen and oxygen atoms in total. The average molecular weight is 316 g/mol. The summed E-state index contributed by atoms with van der Waals surface area (Å²) in [5.41, 5.74) is 1.25. The highest BCUT2D eigenvalue weighted by Crippen LogP contribution is 2.22. The maximum atomic E-state index is 5.81. The van der Waals surface area contributed by atoms with Gasteiger partial charge in [0.2, 0.25) is 0 Å². The first-order valence-corrected chi connectivity index (χ1v) is 8.08. The van der Waals surface area contributed by atoms with Gasteiger partial charge in [0, 0.05) is 19.6 Å². The van der Waals surface area contributed by atoms with Crippen molar-refractivity contribution in [3.63, 3.8) is 0 Å². The molecular formula is C17H24N4O2. The fraction of sp³-hybridized carbons (Fsp3) is 0.529. The molecule has 1 saturated heterocycles. The quantitative estimate of drug-likeness (QED) is 0.918. The van der Waals surface area contributed by atoms with Crippen LogP contribution in [0.3, 0.4) is 0 Å². The minimum atomic E-state index is -0.0659. The van der Waals surface area contributed by atoms with E-state index in [9.17, 15) is 0 Å². The molecule has 2 aromatic rings. The van der Waals surface area contributed by atoms with E-state index < -0.39 is 0 Å². The molecule has 0 spiro atoms. The summed E-state index contributed by atoms with van der Waals surface area (Å²) in [6.45, 7) is 9.26. The number of morpholine rings is 1. The number of H-pyrrole nitrogens is 1. The highest BCUT2D eigenvalue weighted by Gasteiger charge is 2.25. The molecule has 124 valence electrons. The minimum absolute atomic E-state index is 0.0659. The van der Waals surface area contributed by atoms with Crippen molar-refractivity contribution in [2.75, 3.05) is 19.7 Å². The molecule has 1 fully saturated rings. The van der Waals surface area contributed by atoms with Crippen LogP contribution in [0, 0.1) is 6.92 Å². The molecule has 23 heavy (non-hydrogen) atoms. The van der Waals surface area contributed by atoms with Crippen molar-refractivity contribution in [1.29, 1.82) is 0 Å². The van der Waals surface area contributed by atoms with Crippen LogP contribution in [0.25, 0.3) is 0 Å². The lowest BCUT2D eigenvalue weighted by Gasteiger charge is -2.31. The van der Waals surface area contributed by atoms with Gasteiger partial charge in [0.15, 0.2) is 5.82 Å². The molecule has 0 bridgehead atoms. The van der Waals surface area contributed by atoms with Gasteiger partial charge >= 0.3 is 0 Å². The monoisotopic (exact) mass is 316 g/mol. The van der Waals surface area contributed by atoms with Crippen LogP contribution in [0.15, 0.2) is 24.3 Å². The summed E-state index contributed by atoms with van der Waals surface area (Å²) in [5, 5.41) is 7.10. The Bertz CT molecular complexity index is 641. The van der Waals surface area contributed by atoms with Crippen molar-refractivity contribution in [3.8, 4) is 5.75 Å². The van der Waals surface area contributed by atoms with E-state index >= 15 is 0 Å². The summed E-state index contributed by atoms with van der Waals surface area (Å²) in [7, 11) is 0. The number of hydrogen-bond donors (Lipinski definition) is 1. The average Bonchev–Trinajstić information content (AvgIpc) is 2.94. The summed E-state index contributed by atoms with van der Waals surface area (Å²) >= 11 is 0. The van der Waals surface area contributed by atoms with E-state index in [1.54, 1.807) is 0 Å². The van der Waals surface area contributed by atoms with Gasteiger partial charge in [0.05, 0.1) is 12.7 Å². The summed E-state index contributed by atoms with van der Waals surface area (Å²) in [5.74, 6) is 2.48. The number of aryl methyl sites for hydroxylation is 1. The van der Waals surface area contributed by atoms with Gasteiger partial charge in [-0.3, -0.25) is 10.00 Å². The van der Waals surface area contributed by atoms with E-state index in [-0.39, 0.29) is 12.2 Å². The molecule has 1 aromatic heterocycles. The van der Waals surface area contributed by atoms with Gasteiger partial charge in [0.1, 0.15) is 17.7 Å². The molecule has 1 atom stereocenters. The van der Waals surface area contributed by atoms with Gasteiger partial charge < -0.3 is 9.47 Å². The van der Waals surface area contributed by atoms with Crippen LogP contribution in [0.4, 0.5) is 0 Å². The SMILES string of the molecule is Cc1nc([C@@H]2CN(Cc3cccc(OC(C)C)c3)CCO2)n[nH]1. The van der Waals surface area contributed by atoms with Gasteiger partial charge in [0.25, 0.3) is 0 Å². The molecule has 0 aliphatic carbocycles. The van der Waals surface area contributed by atoms with Crippen molar-refractivity contribution >= 4 is 0 Å². The third-order valence-electron chi connectivity index (χ3n) is 3.73. The molecule has 1 N–H and O–H groups in total. The lowest BCUT2D eigenvalue weighted by atomic mass is 10.1. The van der Waals surface area contributed by atoms with E-state index in [0.29, 0.717) is 6.61 Å². The lowest BCUT2D eigenvalue weighted by Crippen LogP contribution is -2.38. The Balaban J connectivity index is 1.63. The summed E-state index contributed by atoms with van der Waals surface area (Å²) < 4.78 is 11.6. The molecule has 2 heterocycles. The first-order chi connectivity index (χ1) is 11.1. The Morgan fingerprint density at radius 1 is 1.43 bits per heavy atom. The number of nitrogens with zero attached hydrogens (tertiary/aromatic N) is 3. The molecule has 0 radical (unpaired) electrons. The number of aromatic amines is 1. The molecular weight excluding hydrogens is 292 g/mol. The van der Waals surface area contributed by atoms with E-state index in [2.05, 4.69) is 32.2 Å². The molecule has 0 unspecified atom stereocenters. The number of ether oxygens (including phenoxy) is 2. The molecule has 3 rings (SSSR count). The first-order valence-electron chi connectivity index (χ1n) is 8.08. The van der Waals surface area contributed by atoms with Gasteiger partial charge in [-0.2, -0.15) is 5.10 Å². The fourth-order valence-corrected chi connectivity index (χ4v) is 2.75. The van der Waals surface area contributed by atoms with Crippen LogP contribution >= 0.6 is 0 Å². The minimum Gasteiger partial charge on any atom is -0.491 e. The summed E-state index contributed by atoms with van der Waals surface area (Å²) in [4.78, 5) is 6.75. The third kappa shape index (κ3) is 4.30. The largest absolute Gasteiger partial charge is 0.491 e. The number of rotatable bonds is 5. The number of aromatic nitrogens is 3. The predicted molar refractivity (Wildman–Crippen MR) is 87.3 cm³/mol. The summed E-state index contributed by atoms with van der Waals surface area (Å²) in [6.07, 6.45) is 0.121. The third-order valence-corrected chi connectivity index (χ3v) is 3.73. The zero-order valence-corrected chi connectivity index (χ0v) is 14.0. The normalized spacial score (nSPS) is 19.2. The van der Waals surface area contributed by atoms with Crippen molar-refractivity contribution in [3.05, 3.63) is 41.5 Å². The lowest BCUT2D eigenvalue weighted by molar-refractivity contribution is -0.0370. The van der Waals surface area contributed by atoms with E-state index in [4.69, 9.17) is 9.47 Å². The van der Waals surface area contributed by atoms with Crippen LogP contribution in [-0.4, -0.2) is 45.9 Å². The Kier molecular flexibility index (Phi) is 4.93. The van der Waals surface area contributed by atoms with E-state index in [1.165, 1.54) is 5.56 Å². The van der Waals surface area contributed by atoms with E-state index in [1.807, 2.05) is 32.9 Å². The van der Waals surface area contributed by atoms with E-state index in [0.717, 1.165) is 37.0 Å². The van der Waals surface area contributed by atoms with Gasteiger partial charge in [-0.25, -0.2) is 4.98 Å². The second kappa shape index (κ2) is 7.10. The standard InChI is InChI=1S/C17H24N4O2/c1-12(2)23-15-6-4-5-14(9-15)10-21-7-8-22-16(11-21)17-18-13(3)19-20-17/h4-6,9,12,16H,7-8,10-11H2,1-3H3,(H,18,19,20)/t16-/m0/s1. The van der Waals surface area contributed by atoms with Crippen LogP contribution < -0.4 is 4.74 Å². The zero-order valence-electron chi connectivity index (χ0n) is 14.0. The van der Waals surface area contributed by atoms with Gasteiger partial charge in [-0.15, -0.1) is 0 Å². The smallest absolute Gasteiger partial charge is 0.180 e. The van der Waals surface area contributed by atoms with Gasteiger partial charge in [-0.05, 0) is 38.5 Å². The van der Waals surface area contributed by atoms with Crippen molar-refractivity contribution in [2.45, 2.75) is 39.5 Å². The molecule has 0 saturated carbocycles. The molecule has 1 aliphatic heterocycles. The Morgan fingerprint density at radius 3 is 3.04 bits per heavy atom. The second-order valence-corrected chi connectivity index (χ2v) is 6.19. The fourth-order valence-electron chi connectivity index (χ4n) is 2.75. The Labute approximate surface area is 136 Å². The maximum absolute atomic E-state index is 5.81. The highest BCUT2D eigenvalue weighted by atomic mass is 16.5. The number of hydrogen-bond acceptors (Lipinski definition) is 5. The highest BCUT2D eigenvalue weighted by molar-refractivity contribution is 5.28. The predicted octanol–water partition coefficient (Wildman–Crippen LogP) is 2.47. The number of nitrogens with one attached hydrogen (secondary N) is 1. The number of benzene rings is 1. The Morgan fingerprint density at radius 2 is 2.30 bits per heavy atom. The van der Waals surface area contributed by atoms with Crippen LogP contribution in [0.2, 0.25) is 0 Å². The molecule has 0 amide bonds. The van der Waals surface area contributed by atoms with Crippen molar-refractivity contribution in [1.82, 2.24) is 20.1 Å². The van der Waals surface area contributed by atoms with Crippen molar-refractivity contribution in [2.24, 2.45) is 0 Å². The second-order valence-electron chi connectivity index (χ2n) is 6.19. The summed E-state index contributed by atoms with van der Waals surface area (Å²) in [6, 6.07) is 8.29. The van der Waals surface area contributed by atoms with Crippen LogP contribution in [0.5, 0.6) is 5.75 Å². The zero-order chi connectivity index (χ0) is 16.2. The van der Waals surface area contributed by atoms with Crippen LogP contribution in [-0.2, 0) is 11.3 Å². The first kappa shape index (κ1) is 16.0. The molecule has 6 heteroatoms. The molecule has 1 aromatic carbocycles. The molecule has 1 aliphatic rings. The topological polar surface area (TPSA) is 63.3 Å². The van der Waals surface area contributed by atoms with Crippen molar-refractivity contribution < 1.29 is 9.47 Å². The van der Waals surface area contributed by atoms with Crippen LogP contribution in [0.1, 0.15) is 37.2 Å². The Hall–Kier alpha value is -1.92. The van der Waals surface area contributed by atoms with Gasteiger partial charge in [-0.1, -0.05) is 12.1 Å².